The van der Waals surface area contributed by atoms with Gasteiger partial charge in [0, 0.05) is 0 Å². The Morgan fingerprint density at radius 3 is 2.16 bits per heavy atom. The van der Waals surface area contributed by atoms with Crippen LogP contribution in [-0.2, 0) is 19.6 Å². The predicted octanol–water partition coefficient (Wildman–Crippen LogP) is 2.62. The fourth-order valence-electron chi connectivity index (χ4n) is 1.56. The highest BCUT2D eigenvalue weighted by Crippen LogP contribution is 2.33. The topological polar surface area (TPSA) is 80.7 Å². The lowest BCUT2D eigenvalue weighted by Gasteiger charge is -2.29. The van der Waals surface area contributed by atoms with Crippen LogP contribution in [0.5, 0.6) is 0 Å². The number of alkyl halides is 2. The molecule has 0 aliphatic carbocycles. The lowest BCUT2D eigenvalue weighted by Crippen LogP contribution is -2.44. The SMILES string of the molecule is CCCC(C)(CC)C(=O)OC(C)C(F)(F)S(=O)(=O)O. The standard InChI is InChI=1S/C11H20F2O5S/c1-5-7-10(4,6-2)9(14)18-8(3)11(12,13)19(15,16)17/h8H,5-7H2,1-4H3,(H,15,16,17). The molecule has 0 aromatic carbocycles. The summed E-state index contributed by atoms with van der Waals surface area (Å²) in [5, 5.41) is -4.52. The maximum atomic E-state index is 13.2. The third-order valence-corrected chi connectivity index (χ3v) is 4.20. The van der Waals surface area contributed by atoms with E-state index in [2.05, 4.69) is 4.74 Å². The van der Waals surface area contributed by atoms with E-state index >= 15 is 0 Å². The molecule has 0 aliphatic rings. The van der Waals surface area contributed by atoms with Crippen LogP contribution in [0.4, 0.5) is 8.78 Å². The second-order valence-corrected chi connectivity index (χ2v) is 6.24. The molecule has 8 heteroatoms. The molecule has 2 unspecified atom stereocenters. The summed E-state index contributed by atoms with van der Waals surface area (Å²) in [6.45, 7) is 5.84. The average molecular weight is 302 g/mol. The predicted molar refractivity (Wildman–Crippen MR) is 65.4 cm³/mol. The highest BCUT2D eigenvalue weighted by atomic mass is 32.2. The van der Waals surface area contributed by atoms with Gasteiger partial charge < -0.3 is 4.74 Å². The van der Waals surface area contributed by atoms with E-state index in [4.69, 9.17) is 4.55 Å². The van der Waals surface area contributed by atoms with Crippen molar-refractivity contribution in [1.29, 1.82) is 0 Å². The van der Waals surface area contributed by atoms with Crippen LogP contribution in [0.1, 0.15) is 47.0 Å². The average Bonchev–Trinajstić information content (AvgIpc) is 2.27. The molecular formula is C11H20F2O5S. The van der Waals surface area contributed by atoms with E-state index in [0.717, 1.165) is 6.92 Å². The van der Waals surface area contributed by atoms with Crippen LogP contribution in [0.2, 0.25) is 0 Å². The zero-order valence-corrected chi connectivity index (χ0v) is 12.3. The monoisotopic (exact) mass is 302 g/mol. The van der Waals surface area contributed by atoms with Gasteiger partial charge >= 0.3 is 21.3 Å². The second-order valence-electron chi connectivity index (χ2n) is 4.75. The number of rotatable bonds is 7. The molecular weight excluding hydrogens is 282 g/mol. The summed E-state index contributed by atoms with van der Waals surface area (Å²) in [7, 11) is -5.62. The zero-order chi connectivity index (χ0) is 15.5. The van der Waals surface area contributed by atoms with Crippen LogP contribution < -0.4 is 0 Å². The minimum Gasteiger partial charge on any atom is -0.454 e. The Kier molecular flexibility index (Phi) is 5.88. The number of hydrogen-bond donors (Lipinski definition) is 1. The molecule has 0 aromatic heterocycles. The maximum Gasteiger partial charge on any atom is 0.405 e. The first-order chi connectivity index (χ1) is 8.42. The second kappa shape index (κ2) is 6.13. The van der Waals surface area contributed by atoms with Gasteiger partial charge in [0.25, 0.3) is 0 Å². The Bertz CT molecular complexity index is 421. The van der Waals surface area contributed by atoms with Gasteiger partial charge in [0.15, 0.2) is 6.10 Å². The van der Waals surface area contributed by atoms with Crippen molar-refractivity contribution in [2.45, 2.75) is 58.3 Å². The molecule has 0 aromatic rings. The van der Waals surface area contributed by atoms with E-state index in [-0.39, 0.29) is 0 Å². The molecule has 0 rings (SSSR count). The lowest BCUT2D eigenvalue weighted by atomic mass is 9.83. The Morgan fingerprint density at radius 2 is 1.84 bits per heavy atom. The van der Waals surface area contributed by atoms with Gasteiger partial charge in [0.05, 0.1) is 5.41 Å². The first kappa shape index (κ1) is 18.2. The summed E-state index contributed by atoms with van der Waals surface area (Å²) in [5.41, 5.74) is -0.946. The number of carbonyl (C=O) groups is 1. The van der Waals surface area contributed by atoms with E-state index in [9.17, 15) is 22.0 Å². The summed E-state index contributed by atoms with van der Waals surface area (Å²) in [6, 6.07) is 0. The lowest BCUT2D eigenvalue weighted by molar-refractivity contribution is -0.171. The van der Waals surface area contributed by atoms with Crippen LogP contribution in [0, 0.1) is 5.41 Å². The summed E-state index contributed by atoms with van der Waals surface area (Å²) < 4.78 is 60.5. The van der Waals surface area contributed by atoms with Crippen molar-refractivity contribution in [2.75, 3.05) is 0 Å². The van der Waals surface area contributed by atoms with Gasteiger partial charge in [-0.05, 0) is 26.7 Å². The van der Waals surface area contributed by atoms with Gasteiger partial charge in [0.2, 0.25) is 0 Å². The van der Waals surface area contributed by atoms with Gasteiger partial charge in [-0.25, -0.2) is 0 Å². The van der Waals surface area contributed by atoms with Crippen LogP contribution in [0.15, 0.2) is 0 Å². The smallest absolute Gasteiger partial charge is 0.405 e. The first-order valence-corrected chi connectivity index (χ1v) is 7.42. The van der Waals surface area contributed by atoms with E-state index < -0.39 is 32.9 Å². The van der Waals surface area contributed by atoms with Crippen LogP contribution in [-0.4, -0.2) is 30.3 Å². The molecule has 0 radical (unpaired) electrons. The minimum atomic E-state index is -5.62. The van der Waals surface area contributed by atoms with Gasteiger partial charge in [-0.15, -0.1) is 0 Å². The van der Waals surface area contributed by atoms with Gasteiger partial charge in [-0.3, -0.25) is 9.35 Å². The molecule has 2 atom stereocenters. The van der Waals surface area contributed by atoms with Gasteiger partial charge in [-0.1, -0.05) is 20.3 Å². The van der Waals surface area contributed by atoms with E-state index in [0.29, 0.717) is 19.3 Å². The number of hydrogen-bond acceptors (Lipinski definition) is 4. The summed E-state index contributed by atoms with van der Waals surface area (Å²) in [5.74, 6) is -0.896. The van der Waals surface area contributed by atoms with Crippen molar-refractivity contribution in [3.8, 4) is 0 Å². The Hall–Kier alpha value is -0.760. The molecule has 5 nitrogen and oxygen atoms in total. The van der Waals surface area contributed by atoms with Crippen molar-refractivity contribution in [2.24, 2.45) is 5.41 Å². The molecule has 0 aliphatic heterocycles. The van der Waals surface area contributed by atoms with E-state index in [1.165, 1.54) is 0 Å². The summed E-state index contributed by atoms with van der Waals surface area (Å²) in [4.78, 5) is 11.8. The van der Waals surface area contributed by atoms with Gasteiger partial charge in [-0.2, -0.15) is 17.2 Å². The Balaban J connectivity index is 5.02. The zero-order valence-electron chi connectivity index (χ0n) is 11.4. The third kappa shape index (κ3) is 4.10. The van der Waals surface area contributed by atoms with Crippen molar-refractivity contribution < 1.29 is 31.3 Å². The first-order valence-electron chi connectivity index (χ1n) is 5.98. The molecule has 0 saturated heterocycles. The Morgan fingerprint density at radius 1 is 1.37 bits per heavy atom. The van der Waals surface area contributed by atoms with Gasteiger partial charge in [0.1, 0.15) is 0 Å². The summed E-state index contributed by atoms with van der Waals surface area (Å²) in [6.07, 6.45) is -0.781. The van der Waals surface area contributed by atoms with Crippen LogP contribution in [0.25, 0.3) is 0 Å². The molecule has 0 heterocycles. The van der Waals surface area contributed by atoms with Crippen molar-refractivity contribution in [3.05, 3.63) is 0 Å². The maximum absolute atomic E-state index is 13.2. The molecule has 19 heavy (non-hydrogen) atoms. The number of ether oxygens (including phenoxy) is 1. The highest BCUT2D eigenvalue weighted by Gasteiger charge is 2.52. The number of halogens is 2. The molecule has 114 valence electrons. The molecule has 1 N–H and O–H groups in total. The quantitative estimate of drug-likeness (QED) is 0.577. The Labute approximate surface area is 112 Å². The fourth-order valence-corrected chi connectivity index (χ4v) is 2.02. The third-order valence-electron chi connectivity index (χ3n) is 3.18. The highest BCUT2D eigenvalue weighted by molar-refractivity contribution is 7.86. The molecule has 0 spiro atoms. The van der Waals surface area contributed by atoms with Crippen LogP contribution in [0.3, 0.4) is 0 Å². The molecule has 0 saturated carbocycles. The van der Waals surface area contributed by atoms with Crippen molar-refractivity contribution in [1.82, 2.24) is 0 Å². The largest absolute Gasteiger partial charge is 0.454 e. The van der Waals surface area contributed by atoms with Crippen molar-refractivity contribution >= 4 is 16.1 Å². The summed E-state index contributed by atoms with van der Waals surface area (Å²) >= 11 is 0. The fraction of sp³-hybridized carbons (Fsp3) is 0.909. The number of esters is 1. The number of carbonyl (C=O) groups excluding carboxylic acids is 1. The molecule has 0 bridgehead atoms. The van der Waals surface area contributed by atoms with E-state index in [1.807, 2.05) is 6.92 Å². The van der Waals surface area contributed by atoms with Crippen molar-refractivity contribution in [3.63, 3.8) is 0 Å². The molecule has 0 fully saturated rings. The minimum absolute atomic E-state index is 0.379. The molecule has 0 amide bonds. The van der Waals surface area contributed by atoms with E-state index in [1.54, 1.807) is 13.8 Å². The van der Waals surface area contributed by atoms with Crippen LogP contribution >= 0.6 is 0 Å². The normalized spacial score (nSPS) is 17.6.